The minimum Gasteiger partial charge on any atom is -0.463 e. The number of hydrogen-bond donors (Lipinski definition) is 2. The number of nitrogens with zero attached hydrogens (tertiary/aromatic N) is 4. The average Bonchev–Trinajstić information content (AvgIpc) is 3.21. The third kappa shape index (κ3) is 5.72. The number of rotatable bonds is 8. The van der Waals surface area contributed by atoms with Crippen molar-refractivity contribution in [3.63, 3.8) is 0 Å². The Labute approximate surface area is 195 Å². The summed E-state index contributed by atoms with van der Waals surface area (Å²) in [4.78, 5) is 26.5. The van der Waals surface area contributed by atoms with Crippen LogP contribution in [0.25, 0.3) is 5.69 Å². The van der Waals surface area contributed by atoms with Crippen molar-refractivity contribution in [2.45, 2.75) is 37.9 Å². The molecule has 1 aromatic carbocycles. The summed E-state index contributed by atoms with van der Waals surface area (Å²) < 4.78 is 20.6. The summed E-state index contributed by atoms with van der Waals surface area (Å²) in [5, 5.41) is 14.7. The molecule has 0 spiro atoms. The number of carbonyl (C=O) groups excluding carboxylic acids is 2. The lowest BCUT2D eigenvalue weighted by molar-refractivity contribution is -0.138. The molecule has 2 N–H and O–H groups in total. The van der Waals surface area contributed by atoms with E-state index in [0.29, 0.717) is 28.7 Å². The van der Waals surface area contributed by atoms with E-state index in [4.69, 9.17) is 4.74 Å². The van der Waals surface area contributed by atoms with Gasteiger partial charge in [-0.25, -0.2) is 14.0 Å². The van der Waals surface area contributed by atoms with E-state index in [1.807, 2.05) is 4.57 Å². The summed E-state index contributed by atoms with van der Waals surface area (Å²) in [5.41, 5.74) is 1.61. The maximum Gasteiger partial charge on any atom is 0.337 e. The molecule has 0 unspecified atom stereocenters. The van der Waals surface area contributed by atoms with Gasteiger partial charge >= 0.3 is 12.0 Å². The van der Waals surface area contributed by atoms with Crippen LogP contribution in [0.15, 0.2) is 40.7 Å². The number of benzene rings is 1. The van der Waals surface area contributed by atoms with Crippen molar-refractivity contribution >= 4 is 23.8 Å². The van der Waals surface area contributed by atoms with Crippen molar-refractivity contribution in [3.8, 4) is 5.69 Å². The molecule has 3 heterocycles. The summed E-state index contributed by atoms with van der Waals surface area (Å²) in [6.07, 6.45) is 3.55. The molecule has 11 heteroatoms. The molecule has 2 aliphatic heterocycles. The number of aromatic nitrogens is 3. The van der Waals surface area contributed by atoms with Gasteiger partial charge in [-0.2, -0.15) is 0 Å². The monoisotopic (exact) mass is 474 g/mol. The number of piperidine rings is 1. The number of halogens is 1. The minimum atomic E-state index is -0.466. The molecule has 1 fully saturated rings. The topological polar surface area (TPSA) is 101 Å². The van der Waals surface area contributed by atoms with Gasteiger partial charge in [-0.15, -0.1) is 10.2 Å². The maximum absolute atomic E-state index is 13.6. The molecular weight excluding hydrogens is 447 g/mol. The van der Waals surface area contributed by atoms with Gasteiger partial charge in [-0.3, -0.25) is 9.47 Å². The van der Waals surface area contributed by atoms with Crippen molar-refractivity contribution in [2.75, 3.05) is 32.0 Å². The number of hydrogen-bond acceptors (Lipinski definition) is 7. The largest absolute Gasteiger partial charge is 0.463 e. The van der Waals surface area contributed by atoms with E-state index in [0.717, 1.165) is 37.4 Å². The molecule has 2 aromatic rings. The van der Waals surface area contributed by atoms with Crippen LogP contribution in [0.2, 0.25) is 0 Å². The molecule has 0 radical (unpaired) electrons. The molecule has 4 rings (SSSR count). The van der Waals surface area contributed by atoms with Gasteiger partial charge in [0.05, 0.1) is 25.3 Å². The second-order valence-corrected chi connectivity index (χ2v) is 8.76. The smallest absolute Gasteiger partial charge is 0.337 e. The van der Waals surface area contributed by atoms with Crippen LogP contribution in [0.4, 0.5) is 9.18 Å². The summed E-state index contributed by atoms with van der Waals surface area (Å²) in [5.74, 6) is 0.275. The van der Waals surface area contributed by atoms with E-state index in [2.05, 4.69) is 25.7 Å². The Morgan fingerprint density at radius 1 is 1.18 bits per heavy atom. The van der Waals surface area contributed by atoms with Crippen LogP contribution in [-0.2, 0) is 16.1 Å². The summed E-state index contributed by atoms with van der Waals surface area (Å²) in [7, 11) is 0. The Balaban J connectivity index is 1.60. The van der Waals surface area contributed by atoms with E-state index >= 15 is 0 Å². The van der Waals surface area contributed by atoms with Gasteiger partial charge in [0.15, 0.2) is 11.0 Å². The fourth-order valence-electron chi connectivity index (χ4n) is 3.87. The summed E-state index contributed by atoms with van der Waals surface area (Å²) in [6.45, 7) is 4.74. The van der Waals surface area contributed by atoms with Crippen molar-refractivity contribution < 1.29 is 18.7 Å². The van der Waals surface area contributed by atoms with Gasteiger partial charge in [0, 0.05) is 17.1 Å². The molecule has 0 saturated carbocycles. The number of likely N-dealkylation sites (tertiary alicyclic amines) is 1. The third-order valence-electron chi connectivity index (χ3n) is 5.52. The first-order chi connectivity index (χ1) is 16.0. The standard InChI is InChI=1S/C22H27FN6O3S/c1-2-32-20(30)17-12-24-21(31)25-18(17)14-33-22-27-26-19(13-28-10-4-3-5-11-28)29(22)16-8-6-15(23)7-9-16/h6-9H,2-5,10-14H2,1H3,(H2,24,25,31). The third-order valence-corrected chi connectivity index (χ3v) is 6.48. The number of amides is 2. The second-order valence-electron chi connectivity index (χ2n) is 7.82. The highest BCUT2D eigenvalue weighted by atomic mass is 32.2. The number of carbonyl (C=O) groups is 2. The zero-order valence-electron chi connectivity index (χ0n) is 18.5. The lowest BCUT2D eigenvalue weighted by Gasteiger charge is -2.26. The van der Waals surface area contributed by atoms with Crippen molar-refractivity contribution in [3.05, 3.63) is 47.2 Å². The van der Waals surface area contributed by atoms with Crippen LogP contribution in [0.5, 0.6) is 0 Å². The van der Waals surface area contributed by atoms with Crippen LogP contribution >= 0.6 is 11.8 Å². The summed E-state index contributed by atoms with van der Waals surface area (Å²) >= 11 is 1.35. The lowest BCUT2D eigenvalue weighted by Crippen LogP contribution is -2.44. The molecule has 33 heavy (non-hydrogen) atoms. The van der Waals surface area contributed by atoms with Gasteiger partial charge in [-0.05, 0) is 57.1 Å². The Kier molecular flexibility index (Phi) is 7.61. The SMILES string of the molecule is CCOC(=O)C1=C(CSc2nnc(CN3CCCCC3)n2-c2ccc(F)cc2)NC(=O)NC1. The van der Waals surface area contributed by atoms with Gasteiger partial charge in [-0.1, -0.05) is 18.2 Å². The average molecular weight is 475 g/mol. The summed E-state index contributed by atoms with van der Waals surface area (Å²) in [6, 6.07) is 5.83. The molecule has 2 aliphatic rings. The molecule has 0 aliphatic carbocycles. The minimum absolute atomic E-state index is 0.103. The molecule has 176 valence electrons. The van der Waals surface area contributed by atoms with Crippen LogP contribution in [-0.4, -0.2) is 63.7 Å². The quantitative estimate of drug-likeness (QED) is 0.448. The molecule has 0 atom stereocenters. The Bertz CT molecular complexity index is 1030. The zero-order chi connectivity index (χ0) is 23.2. The van der Waals surface area contributed by atoms with Crippen molar-refractivity contribution in [1.29, 1.82) is 0 Å². The highest BCUT2D eigenvalue weighted by molar-refractivity contribution is 7.99. The zero-order valence-corrected chi connectivity index (χ0v) is 19.3. The van der Waals surface area contributed by atoms with Gasteiger partial charge < -0.3 is 15.4 Å². The molecular formula is C22H27FN6O3S. The molecule has 1 saturated heterocycles. The lowest BCUT2D eigenvalue weighted by atomic mass is 10.1. The van der Waals surface area contributed by atoms with E-state index < -0.39 is 5.97 Å². The fraction of sp³-hybridized carbons (Fsp3) is 0.455. The number of ether oxygens (including phenoxy) is 1. The van der Waals surface area contributed by atoms with Crippen LogP contribution in [0.1, 0.15) is 32.0 Å². The van der Waals surface area contributed by atoms with Gasteiger partial charge in [0.2, 0.25) is 0 Å². The Hall–Kier alpha value is -2.92. The van der Waals surface area contributed by atoms with Crippen molar-refractivity contribution in [1.82, 2.24) is 30.3 Å². The number of esters is 1. The van der Waals surface area contributed by atoms with Crippen LogP contribution in [0.3, 0.4) is 0 Å². The fourth-order valence-corrected chi connectivity index (χ4v) is 4.83. The number of nitrogens with one attached hydrogen (secondary N) is 2. The Morgan fingerprint density at radius 2 is 1.94 bits per heavy atom. The molecule has 9 nitrogen and oxygen atoms in total. The number of urea groups is 1. The van der Waals surface area contributed by atoms with Gasteiger partial charge in [0.25, 0.3) is 0 Å². The van der Waals surface area contributed by atoms with E-state index in [-0.39, 0.29) is 25.0 Å². The van der Waals surface area contributed by atoms with Crippen LogP contribution in [0, 0.1) is 5.82 Å². The van der Waals surface area contributed by atoms with E-state index in [9.17, 15) is 14.0 Å². The highest BCUT2D eigenvalue weighted by Gasteiger charge is 2.25. The molecule has 2 amide bonds. The predicted octanol–water partition coefficient (Wildman–Crippen LogP) is 2.61. The molecule has 1 aromatic heterocycles. The maximum atomic E-state index is 13.6. The van der Waals surface area contributed by atoms with E-state index in [1.54, 1.807) is 19.1 Å². The second kappa shape index (κ2) is 10.8. The molecule has 0 bridgehead atoms. The highest BCUT2D eigenvalue weighted by Crippen LogP contribution is 2.26. The van der Waals surface area contributed by atoms with Crippen LogP contribution < -0.4 is 10.6 Å². The Morgan fingerprint density at radius 3 is 2.67 bits per heavy atom. The first-order valence-electron chi connectivity index (χ1n) is 11.0. The predicted molar refractivity (Wildman–Crippen MR) is 121 cm³/mol. The first kappa shape index (κ1) is 23.2. The van der Waals surface area contributed by atoms with Crippen molar-refractivity contribution in [2.24, 2.45) is 0 Å². The first-order valence-corrected chi connectivity index (χ1v) is 12.0. The number of thioether (sulfide) groups is 1. The van der Waals surface area contributed by atoms with E-state index in [1.165, 1.54) is 30.3 Å². The van der Waals surface area contributed by atoms with Gasteiger partial charge in [0.1, 0.15) is 5.82 Å². The normalized spacial score (nSPS) is 17.0.